The minimum Gasteiger partial charge on any atom is -0.283 e. The first-order chi connectivity index (χ1) is 12.8. The summed E-state index contributed by atoms with van der Waals surface area (Å²) in [7, 11) is 0. The Balaban J connectivity index is 1.69. The lowest BCUT2D eigenvalue weighted by Gasteiger charge is -2.17. The molecule has 3 heterocycles. The van der Waals surface area contributed by atoms with Crippen molar-refractivity contribution < 1.29 is 9.20 Å². The van der Waals surface area contributed by atoms with Crippen LogP contribution in [0.25, 0.3) is 5.69 Å². The van der Waals surface area contributed by atoms with Crippen LogP contribution in [0.15, 0.2) is 88.8 Å². The van der Waals surface area contributed by atoms with Gasteiger partial charge < -0.3 is 0 Å². The van der Waals surface area contributed by atoms with E-state index in [2.05, 4.69) is 33.4 Å². The smallest absolute Gasteiger partial charge is 0.283 e. The Bertz CT molecular complexity index is 1000. The number of nitrogens with one attached hydrogen (secondary N) is 1. The lowest BCUT2D eigenvalue weighted by atomic mass is 9.87. The molecule has 0 saturated heterocycles. The van der Waals surface area contributed by atoms with Crippen LogP contribution in [0, 0.1) is 0 Å². The minimum absolute atomic E-state index is 0.140. The van der Waals surface area contributed by atoms with Gasteiger partial charge in [-0.15, -0.1) is 0 Å². The van der Waals surface area contributed by atoms with E-state index in [1.54, 1.807) is 17.1 Å². The highest BCUT2D eigenvalue weighted by atomic mass is 16.5. The molecule has 6 heteroatoms. The third-order valence-electron chi connectivity index (χ3n) is 4.28. The second-order valence-corrected chi connectivity index (χ2v) is 6.01. The van der Waals surface area contributed by atoms with E-state index in [1.165, 1.54) is 6.20 Å². The van der Waals surface area contributed by atoms with Gasteiger partial charge in [0.15, 0.2) is 0 Å². The number of hydrogen-bond acceptors (Lipinski definition) is 4. The highest BCUT2D eigenvalue weighted by Crippen LogP contribution is 2.27. The Morgan fingerprint density at radius 1 is 1.00 bits per heavy atom. The number of benzene rings is 1. The van der Waals surface area contributed by atoms with Gasteiger partial charge in [0.25, 0.3) is 6.20 Å². The van der Waals surface area contributed by atoms with Crippen LogP contribution in [0.5, 0.6) is 0 Å². The van der Waals surface area contributed by atoms with Crippen LogP contribution in [0.1, 0.15) is 22.6 Å². The van der Waals surface area contributed by atoms with E-state index >= 15 is 0 Å². The summed E-state index contributed by atoms with van der Waals surface area (Å²) in [6.45, 7) is 0. The fourth-order valence-corrected chi connectivity index (χ4v) is 3.04. The van der Waals surface area contributed by atoms with E-state index in [9.17, 15) is 4.79 Å². The van der Waals surface area contributed by atoms with Crippen molar-refractivity contribution in [2.45, 2.75) is 12.3 Å². The Labute approximate surface area is 149 Å². The fourth-order valence-electron chi connectivity index (χ4n) is 3.04. The van der Waals surface area contributed by atoms with Crippen molar-refractivity contribution in [2.75, 3.05) is 0 Å². The normalized spacial score (nSPS) is 11.0. The standard InChI is InChI=1S/C20H16N4O2/c25-20-14-24(23-26-20)18-7-1-4-15(10-18)11-19(16-5-2-8-21-12-16)17-6-3-9-22-13-17/h1-10,12-14,19H,11H2/p+1. The SMILES string of the molecule is O=c1c[n+](-c2cccc(CC(c3cccnc3)c3cccnc3)c2)[nH]o1. The topological polar surface area (TPSA) is 75.7 Å². The zero-order valence-corrected chi connectivity index (χ0v) is 13.9. The Morgan fingerprint density at radius 2 is 1.73 bits per heavy atom. The predicted molar refractivity (Wildman–Crippen MR) is 94.9 cm³/mol. The van der Waals surface area contributed by atoms with Crippen molar-refractivity contribution in [3.05, 3.63) is 107 Å². The Kier molecular flexibility index (Phi) is 4.38. The summed E-state index contributed by atoms with van der Waals surface area (Å²) in [5.41, 5.74) is 3.82. The summed E-state index contributed by atoms with van der Waals surface area (Å²) < 4.78 is 6.31. The van der Waals surface area contributed by atoms with Crippen LogP contribution in [-0.4, -0.2) is 15.2 Å². The number of aromatic amines is 1. The highest BCUT2D eigenvalue weighted by molar-refractivity contribution is 5.35. The molecule has 0 spiro atoms. The number of aromatic nitrogens is 4. The average molecular weight is 345 g/mol. The summed E-state index contributed by atoms with van der Waals surface area (Å²) in [5.74, 6) is 0.140. The van der Waals surface area contributed by atoms with E-state index in [0.717, 1.165) is 28.8 Å². The molecule has 26 heavy (non-hydrogen) atoms. The molecule has 0 radical (unpaired) electrons. The van der Waals surface area contributed by atoms with Crippen molar-refractivity contribution >= 4 is 0 Å². The van der Waals surface area contributed by atoms with Gasteiger partial charge in [-0.05, 0) is 45.2 Å². The van der Waals surface area contributed by atoms with Gasteiger partial charge in [-0.25, -0.2) is 4.79 Å². The number of H-pyrrole nitrogens is 1. The lowest BCUT2D eigenvalue weighted by molar-refractivity contribution is -0.670. The molecule has 0 fully saturated rings. The van der Waals surface area contributed by atoms with Crippen LogP contribution in [0.3, 0.4) is 0 Å². The van der Waals surface area contributed by atoms with E-state index < -0.39 is 5.63 Å². The summed E-state index contributed by atoms with van der Waals surface area (Å²) in [4.78, 5) is 19.8. The van der Waals surface area contributed by atoms with Crippen molar-refractivity contribution in [2.24, 2.45) is 0 Å². The predicted octanol–water partition coefficient (Wildman–Crippen LogP) is 2.41. The van der Waals surface area contributed by atoms with E-state index in [0.29, 0.717) is 0 Å². The van der Waals surface area contributed by atoms with Crippen molar-refractivity contribution in [3.63, 3.8) is 0 Å². The first-order valence-electron chi connectivity index (χ1n) is 8.29. The number of pyridine rings is 2. The third-order valence-corrected chi connectivity index (χ3v) is 4.28. The Morgan fingerprint density at radius 3 is 2.31 bits per heavy atom. The van der Waals surface area contributed by atoms with Gasteiger partial charge in [0, 0.05) is 42.8 Å². The zero-order chi connectivity index (χ0) is 17.8. The average Bonchev–Trinajstić information content (AvgIpc) is 3.14. The quantitative estimate of drug-likeness (QED) is 0.564. The molecule has 0 atom stereocenters. The molecule has 6 nitrogen and oxygen atoms in total. The largest absolute Gasteiger partial charge is 0.427 e. The third kappa shape index (κ3) is 3.44. The number of hydrogen-bond donors (Lipinski definition) is 1. The van der Waals surface area contributed by atoms with Gasteiger partial charge in [0.1, 0.15) is 0 Å². The molecule has 0 bridgehead atoms. The molecular weight excluding hydrogens is 328 g/mol. The van der Waals surface area contributed by atoms with Crippen LogP contribution >= 0.6 is 0 Å². The molecule has 1 N–H and O–H groups in total. The summed E-state index contributed by atoms with van der Waals surface area (Å²) >= 11 is 0. The van der Waals surface area contributed by atoms with Crippen LogP contribution in [0.4, 0.5) is 0 Å². The fraction of sp³-hybridized carbons (Fsp3) is 0.100. The van der Waals surface area contributed by atoms with Gasteiger partial charge in [-0.2, -0.15) is 0 Å². The van der Waals surface area contributed by atoms with E-state index in [4.69, 9.17) is 4.52 Å². The molecule has 0 aliphatic carbocycles. The van der Waals surface area contributed by atoms with Gasteiger partial charge >= 0.3 is 5.63 Å². The maximum atomic E-state index is 11.3. The molecule has 0 aliphatic heterocycles. The molecule has 0 unspecified atom stereocenters. The maximum absolute atomic E-state index is 11.3. The molecular formula is C20H17N4O2+. The van der Waals surface area contributed by atoms with Gasteiger partial charge in [0.2, 0.25) is 5.69 Å². The molecule has 0 saturated carbocycles. The van der Waals surface area contributed by atoms with Gasteiger partial charge in [-0.1, -0.05) is 24.3 Å². The maximum Gasteiger partial charge on any atom is 0.427 e. The van der Waals surface area contributed by atoms with Crippen LogP contribution in [-0.2, 0) is 6.42 Å². The first kappa shape index (κ1) is 16.0. The molecule has 4 rings (SSSR count). The molecule has 0 aliphatic rings. The van der Waals surface area contributed by atoms with Crippen molar-refractivity contribution in [1.82, 2.24) is 15.2 Å². The zero-order valence-electron chi connectivity index (χ0n) is 13.9. The molecule has 128 valence electrons. The molecule has 3 aromatic heterocycles. The second kappa shape index (κ2) is 7.14. The second-order valence-electron chi connectivity index (χ2n) is 6.01. The number of nitrogens with zero attached hydrogens (tertiary/aromatic N) is 3. The summed E-state index contributed by atoms with van der Waals surface area (Å²) in [6.07, 6.45) is 9.49. The van der Waals surface area contributed by atoms with Gasteiger partial charge in [0.05, 0.1) is 0 Å². The lowest BCUT2D eigenvalue weighted by Crippen LogP contribution is -2.32. The van der Waals surface area contributed by atoms with Crippen molar-refractivity contribution in [1.29, 1.82) is 0 Å². The minimum atomic E-state index is -0.418. The molecule has 4 aromatic rings. The molecule has 1 aromatic carbocycles. The monoisotopic (exact) mass is 345 g/mol. The first-order valence-corrected chi connectivity index (χ1v) is 8.29. The van der Waals surface area contributed by atoms with Gasteiger partial charge in [-0.3, -0.25) is 14.5 Å². The van der Waals surface area contributed by atoms with E-state index in [-0.39, 0.29) is 5.92 Å². The number of rotatable bonds is 5. The summed E-state index contributed by atoms with van der Waals surface area (Å²) in [6, 6.07) is 16.0. The Hall–Kier alpha value is -3.54. The molecule has 0 amide bonds. The van der Waals surface area contributed by atoms with Crippen LogP contribution in [0.2, 0.25) is 0 Å². The highest BCUT2D eigenvalue weighted by Gasteiger charge is 2.17. The van der Waals surface area contributed by atoms with E-state index in [1.807, 2.05) is 42.7 Å². The van der Waals surface area contributed by atoms with Crippen LogP contribution < -0.4 is 10.3 Å². The summed E-state index contributed by atoms with van der Waals surface area (Å²) in [5, 5.41) is 2.57. The van der Waals surface area contributed by atoms with Crippen molar-refractivity contribution in [3.8, 4) is 5.69 Å².